The summed E-state index contributed by atoms with van der Waals surface area (Å²) in [6.07, 6.45) is 1.06. The molecular weight excluding hydrogens is 335 g/mol. The van der Waals surface area contributed by atoms with Crippen LogP contribution in [0.25, 0.3) is 11.1 Å². The fourth-order valence-electron chi connectivity index (χ4n) is 1.86. The first kappa shape index (κ1) is 13.3. The molecule has 0 fully saturated rings. The van der Waals surface area contributed by atoms with E-state index >= 15 is 0 Å². The predicted molar refractivity (Wildman–Crippen MR) is 84.5 cm³/mol. The second kappa shape index (κ2) is 6.14. The Morgan fingerprint density at radius 2 is 1.44 bits per heavy atom. The van der Waals surface area contributed by atoms with Crippen LogP contribution in [0.2, 0.25) is 0 Å². The van der Waals surface area contributed by atoms with Gasteiger partial charge in [0.15, 0.2) is 5.78 Å². The molecule has 0 bridgehead atoms. The molecule has 0 aliphatic heterocycles. The van der Waals surface area contributed by atoms with Crippen molar-refractivity contribution in [1.82, 2.24) is 0 Å². The highest BCUT2D eigenvalue weighted by atomic mass is 127. The highest BCUT2D eigenvalue weighted by Crippen LogP contribution is 2.20. The number of halogens is 1. The van der Waals surface area contributed by atoms with Gasteiger partial charge in [-0.25, -0.2) is 0 Å². The molecule has 0 saturated heterocycles. The van der Waals surface area contributed by atoms with E-state index in [0.717, 1.165) is 17.5 Å². The van der Waals surface area contributed by atoms with Gasteiger partial charge < -0.3 is 0 Å². The number of ketones is 1. The molecule has 2 heteroatoms. The fraction of sp³-hybridized carbons (Fsp3) is 0.188. The largest absolute Gasteiger partial charge is 0.293 e. The SMILES string of the molecule is CCc1ccc(-c2ccc(C(=O)CI)cc2)cc1. The van der Waals surface area contributed by atoms with Crippen molar-refractivity contribution < 1.29 is 4.79 Å². The molecule has 2 aromatic rings. The summed E-state index contributed by atoms with van der Waals surface area (Å²) in [6.45, 7) is 2.15. The number of carbonyl (C=O) groups excluding carboxylic acids is 1. The fourth-order valence-corrected chi connectivity index (χ4v) is 2.30. The topological polar surface area (TPSA) is 17.1 Å². The lowest BCUT2D eigenvalue weighted by molar-refractivity contribution is 0.102. The Morgan fingerprint density at radius 1 is 0.944 bits per heavy atom. The van der Waals surface area contributed by atoms with E-state index < -0.39 is 0 Å². The molecule has 0 aliphatic rings. The molecule has 18 heavy (non-hydrogen) atoms. The van der Waals surface area contributed by atoms with Crippen LogP contribution in [-0.4, -0.2) is 10.2 Å². The Morgan fingerprint density at radius 3 is 1.89 bits per heavy atom. The van der Waals surface area contributed by atoms with Gasteiger partial charge in [-0.1, -0.05) is 78.0 Å². The van der Waals surface area contributed by atoms with Crippen LogP contribution in [0.5, 0.6) is 0 Å². The van der Waals surface area contributed by atoms with Gasteiger partial charge in [0.2, 0.25) is 0 Å². The van der Waals surface area contributed by atoms with Crippen molar-refractivity contribution in [1.29, 1.82) is 0 Å². The third kappa shape index (κ3) is 2.99. The molecule has 92 valence electrons. The molecule has 0 saturated carbocycles. The molecule has 2 rings (SSSR count). The zero-order chi connectivity index (χ0) is 13.0. The molecule has 0 N–H and O–H groups in total. The van der Waals surface area contributed by atoms with E-state index in [1.54, 1.807) is 0 Å². The number of hydrogen-bond donors (Lipinski definition) is 0. The Kier molecular flexibility index (Phi) is 4.53. The second-order valence-corrected chi connectivity index (χ2v) is 4.95. The van der Waals surface area contributed by atoms with E-state index in [2.05, 4.69) is 53.8 Å². The molecule has 0 amide bonds. The Balaban J connectivity index is 2.25. The van der Waals surface area contributed by atoms with Crippen LogP contribution in [0.1, 0.15) is 22.8 Å². The monoisotopic (exact) mass is 350 g/mol. The minimum atomic E-state index is 0.184. The summed E-state index contributed by atoms with van der Waals surface area (Å²) in [5.74, 6) is 0.184. The Hall–Kier alpha value is -1.16. The number of carbonyl (C=O) groups is 1. The average molecular weight is 350 g/mol. The molecule has 1 nitrogen and oxygen atoms in total. The number of aryl methyl sites for hydroxylation is 1. The van der Waals surface area contributed by atoms with Gasteiger partial charge in [-0.15, -0.1) is 0 Å². The minimum absolute atomic E-state index is 0.184. The number of hydrogen-bond acceptors (Lipinski definition) is 1. The maximum atomic E-state index is 11.5. The lowest BCUT2D eigenvalue weighted by Crippen LogP contribution is -1.98. The van der Waals surface area contributed by atoms with Gasteiger partial charge in [0, 0.05) is 5.56 Å². The van der Waals surface area contributed by atoms with Crippen molar-refractivity contribution in [2.24, 2.45) is 0 Å². The van der Waals surface area contributed by atoms with E-state index in [1.807, 2.05) is 24.3 Å². The molecule has 2 aromatic carbocycles. The molecule has 0 atom stereocenters. The summed E-state index contributed by atoms with van der Waals surface area (Å²) in [6, 6.07) is 16.4. The maximum absolute atomic E-state index is 11.5. The van der Waals surface area contributed by atoms with Crippen molar-refractivity contribution >= 4 is 28.4 Å². The van der Waals surface area contributed by atoms with Crippen LogP contribution in [-0.2, 0) is 6.42 Å². The standard InChI is InChI=1S/C16H15IO/c1-2-12-3-5-13(6-4-12)14-7-9-15(10-8-14)16(18)11-17/h3-10H,2,11H2,1H3. The normalized spacial score (nSPS) is 10.3. The van der Waals surface area contributed by atoms with Gasteiger partial charge in [-0.3, -0.25) is 4.79 Å². The molecule has 0 spiro atoms. The first-order valence-corrected chi connectivity index (χ1v) is 7.55. The van der Waals surface area contributed by atoms with Crippen LogP contribution in [0.3, 0.4) is 0 Å². The third-order valence-electron chi connectivity index (χ3n) is 3.02. The summed E-state index contributed by atoms with van der Waals surface area (Å²) in [5.41, 5.74) is 4.48. The van der Waals surface area contributed by atoms with Gasteiger partial charge in [0.1, 0.15) is 0 Å². The number of Topliss-reactive ketones (excluding diaryl/α,β-unsaturated/α-hetero) is 1. The van der Waals surface area contributed by atoms with Gasteiger partial charge in [-0.05, 0) is 23.1 Å². The quantitative estimate of drug-likeness (QED) is 0.450. The van der Waals surface area contributed by atoms with Crippen molar-refractivity contribution in [2.45, 2.75) is 13.3 Å². The zero-order valence-electron chi connectivity index (χ0n) is 10.3. The van der Waals surface area contributed by atoms with E-state index in [4.69, 9.17) is 0 Å². The number of rotatable bonds is 4. The van der Waals surface area contributed by atoms with Crippen LogP contribution in [0.4, 0.5) is 0 Å². The molecular formula is C16H15IO. The van der Waals surface area contributed by atoms with Crippen LogP contribution < -0.4 is 0 Å². The maximum Gasteiger partial charge on any atom is 0.172 e. The van der Waals surface area contributed by atoms with E-state index in [0.29, 0.717) is 4.43 Å². The van der Waals surface area contributed by atoms with Crippen molar-refractivity contribution in [2.75, 3.05) is 4.43 Å². The zero-order valence-corrected chi connectivity index (χ0v) is 12.5. The van der Waals surface area contributed by atoms with Crippen LogP contribution in [0.15, 0.2) is 48.5 Å². The van der Waals surface area contributed by atoms with E-state index in [-0.39, 0.29) is 5.78 Å². The Bertz CT molecular complexity index is 526. The molecule has 0 aliphatic carbocycles. The average Bonchev–Trinajstić information content (AvgIpc) is 2.47. The van der Waals surface area contributed by atoms with Gasteiger partial charge in [0.05, 0.1) is 4.43 Å². The predicted octanol–water partition coefficient (Wildman–Crippen LogP) is 4.53. The third-order valence-corrected chi connectivity index (χ3v) is 3.72. The summed E-state index contributed by atoms with van der Waals surface area (Å²) in [5, 5.41) is 0. The highest BCUT2D eigenvalue weighted by Gasteiger charge is 2.04. The highest BCUT2D eigenvalue weighted by molar-refractivity contribution is 14.1. The minimum Gasteiger partial charge on any atom is -0.293 e. The summed E-state index contributed by atoms with van der Waals surface area (Å²) < 4.78 is 0.530. The van der Waals surface area contributed by atoms with Crippen molar-refractivity contribution in [3.8, 4) is 11.1 Å². The number of benzene rings is 2. The second-order valence-electron chi connectivity index (χ2n) is 4.18. The number of alkyl halides is 1. The van der Waals surface area contributed by atoms with Gasteiger partial charge in [0.25, 0.3) is 0 Å². The molecule has 0 radical (unpaired) electrons. The summed E-state index contributed by atoms with van der Waals surface area (Å²) in [7, 11) is 0. The molecule has 0 aromatic heterocycles. The summed E-state index contributed by atoms with van der Waals surface area (Å²) >= 11 is 2.10. The first-order valence-electron chi connectivity index (χ1n) is 6.03. The van der Waals surface area contributed by atoms with Crippen molar-refractivity contribution in [3.05, 3.63) is 59.7 Å². The summed E-state index contributed by atoms with van der Waals surface area (Å²) in [4.78, 5) is 11.5. The van der Waals surface area contributed by atoms with E-state index in [9.17, 15) is 4.79 Å². The smallest absolute Gasteiger partial charge is 0.172 e. The lowest BCUT2D eigenvalue weighted by Gasteiger charge is -2.04. The van der Waals surface area contributed by atoms with Crippen LogP contribution in [0, 0.1) is 0 Å². The van der Waals surface area contributed by atoms with Gasteiger partial charge >= 0.3 is 0 Å². The Labute approximate surface area is 121 Å². The molecule has 0 heterocycles. The van der Waals surface area contributed by atoms with E-state index in [1.165, 1.54) is 11.1 Å². The first-order chi connectivity index (χ1) is 8.74. The van der Waals surface area contributed by atoms with Gasteiger partial charge in [-0.2, -0.15) is 0 Å². The molecule has 0 unspecified atom stereocenters. The lowest BCUT2D eigenvalue weighted by atomic mass is 10.0. The van der Waals surface area contributed by atoms with Crippen LogP contribution >= 0.6 is 22.6 Å². The van der Waals surface area contributed by atoms with Crippen molar-refractivity contribution in [3.63, 3.8) is 0 Å².